The van der Waals surface area contributed by atoms with Crippen LogP contribution < -0.4 is 0 Å². The number of hydrogen-bond donors (Lipinski definition) is 0. The average Bonchev–Trinajstić information content (AvgIpc) is 3.27. The van der Waals surface area contributed by atoms with Crippen molar-refractivity contribution in [1.82, 2.24) is 0 Å². The molecule has 1 unspecified atom stereocenters. The van der Waals surface area contributed by atoms with Crippen LogP contribution in [0.15, 0.2) is 24.3 Å². The van der Waals surface area contributed by atoms with E-state index in [9.17, 15) is 13.2 Å². The van der Waals surface area contributed by atoms with Gasteiger partial charge in [-0.1, -0.05) is 24.3 Å². The second-order valence-corrected chi connectivity index (χ2v) is 7.31. The van der Waals surface area contributed by atoms with Crippen molar-refractivity contribution in [2.24, 2.45) is 5.92 Å². The van der Waals surface area contributed by atoms with E-state index in [0.29, 0.717) is 18.9 Å². The van der Waals surface area contributed by atoms with Crippen molar-refractivity contribution in [1.29, 1.82) is 0 Å². The predicted molar refractivity (Wildman–Crippen MR) is 82.8 cm³/mol. The molecule has 1 saturated carbocycles. The van der Waals surface area contributed by atoms with Crippen molar-refractivity contribution < 1.29 is 22.1 Å². The van der Waals surface area contributed by atoms with Crippen LogP contribution in [0.4, 0.5) is 0 Å². The lowest BCUT2D eigenvalue weighted by atomic mass is 9.90. The smallest absolute Gasteiger partial charge is 0.306 e. The molecule has 0 heterocycles. The van der Waals surface area contributed by atoms with Crippen LogP contribution in [0.2, 0.25) is 0 Å². The van der Waals surface area contributed by atoms with Gasteiger partial charge in [-0.05, 0) is 42.7 Å². The standard InChI is InChI=1S/C16H22O5S/c1-3-20-16(17)10-15(13-7-8-13)14-6-4-5-12(9-14)11-21-22(2,18)19/h4-6,9,13,15H,3,7-8,10-11H2,1-2H3. The molecule has 0 radical (unpaired) electrons. The third kappa shape index (κ3) is 5.42. The van der Waals surface area contributed by atoms with E-state index in [4.69, 9.17) is 8.92 Å². The molecule has 0 bridgehead atoms. The van der Waals surface area contributed by atoms with Gasteiger partial charge in [0.1, 0.15) is 0 Å². The van der Waals surface area contributed by atoms with Crippen LogP contribution >= 0.6 is 0 Å². The molecule has 1 aromatic rings. The van der Waals surface area contributed by atoms with Crippen molar-refractivity contribution in [3.05, 3.63) is 35.4 Å². The van der Waals surface area contributed by atoms with E-state index in [-0.39, 0.29) is 18.5 Å². The second-order valence-electron chi connectivity index (χ2n) is 5.66. The lowest BCUT2D eigenvalue weighted by Gasteiger charge is -2.17. The van der Waals surface area contributed by atoms with Gasteiger partial charge in [0, 0.05) is 0 Å². The Kier molecular flexibility index (Phi) is 5.58. The molecule has 1 aromatic carbocycles. The summed E-state index contributed by atoms with van der Waals surface area (Å²) < 4.78 is 32.0. The zero-order valence-corrected chi connectivity index (χ0v) is 13.8. The Morgan fingerprint density at radius 2 is 2.09 bits per heavy atom. The fraction of sp³-hybridized carbons (Fsp3) is 0.562. The first-order valence-electron chi connectivity index (χ1n) is 7.48. The molecule has 0 aromatic heterocycles. The van der Waals surface area contributed by atoms with Crippen LogP contribution in [-0.4, -0.2) is 27.2 Å². The molecular formula is C16H22O5S. The van der Waals surface area contributed by atoms with Gasteiger partial charge in [0.05, 0.1) is 25.9 Å². The molecule has 0 aliphatic heterocycles. The normalized spacial score (nSPS) is 16.3. The van der Waals surface area contributed by atoms with Crippen molar-refractivity contribution >= 4 is 16.1 Å². The molecule has 5 nitrogen and oxygen atoms in total. The van der Waals surface area contributed by atoms with Crippen LogP contribution in [0.25, 0.3) is 0 Å². The summed E-state index contributed by atoms with van der Waals surface area (Å²) in [7, 11) is -3.46. The van der Waals surface area contributed by atoms with Crippen molar-refractivity contribution in [2.75, 3.05) is 12.9 Å². The first-order chi connectivity index (χ1) is 10.4. The Morgan fingerprint density at radius 1 is 1.36 bits per heavy atom. The molecule has 6 heteroatoms. The fourth-order valence-electron chi connectivity index (χ4n) is 2.54. The quantitative estimate of drug-likeness (QED) is 0.542. The van der Waals surface area contributed by atoms with Crippen LogP contribution in [-0.2, 0) is 30.4 Å². The molecular weight excluding hydrogens is 304 g/mol. The predicted octanol–water partition coefficient (Wildman–Crippen LogP) is 2.61. The zero-order valence-electron chi connectivity index (χ0n) is 12.9. The summed E-state index contributed by atoms with van der Waals surface area (Å²) in [6, 6.07) is 7.60. The highest BCUT2D eigenvalue weighted by Crippen LogP contribution is 2.44. The number of hydrogen-bond acceptors (Lipinski definition) is 5. The van der Waals surface area contributed by atoms with Gasteiger partial charge in [-0.15, -0.1) is 0 Å². The monoisotopic (exact) mass is 326 g/mol. The van der Waals surface area contributed by atoms with E-state index < -0.39 is 10.1 Å². The topological polar surface area (TPSA) is 69.7 Å². The highest BCUT2D eigenvalue weighted by molar-refractivity contribution is 7.85. The van der Waals surface area contributed by atoms with Gasteiger partial charge in [-0.2, -0.15) is 8.42 Å². The van der Waals surface area contributed by atoms with Crippen molar-refractivity contribution in [3.63, 3.8) is 0 Å². The largest absolute Gasteiger partial charge is 0.466 e. The minimum atomic E-state index is -3.46. The molecule has 0 spiro atoms. The van der Waals surface area contributed by atoms with Crippen molar-refractivity contribution in [2.45, 2.75) is 38.7 Å². The van der Waals surface area contributed by atoms with Gasteiger partial charge >= 0.3 is 5.97 Å². The number of carbonyl (C=O) groups excluding carboxylic acids is 1. The van der Waals surface area contributed by atoms with E-state index in [1.165, 1.54) is 0 Å². The highest BCUT2D eigenvalue weighted by atomic mass is 32.2. The van der Waals surface area contributed by atoms with E-state index in [1.54, 1.807) is 6.92 Å². The molecule has 2 rings (SSSR count). The maximum Gasteiger partial charge on any atom is 0.306 e. The first kappa shape index (κ1) is 17.0. The molecule has 22 heavy (non-hydrogen) atoms. The third-order valence-electron chi connectivity index (χ3n) is 3.70. The molecule has 0 saturated heterocycles. The Labute approximate surface area is 131 Å². The molecule has 0 N–H and O–H groups in total. The summed E-state index contributed by atoms with van der Waals surface area (Å²) in [5.74, 6) is 0.463. The minimum absolute atomic E-state index is 0.0173. The van der Waals surface area contributed by atoms with Crippen LogP contribution in [0.3, 0.4) is 0 Å². The number of benzene rings is 1. The molecule has 1 fully saturated rings. The summed E-state index contributed by atoms with van der Waals surface area (Å²) in [6.45, 7) is 2.20. The molecule has 1 atom stereocenters. The summed E-state index contributed by atoms with van der Waals surface area (Å²) in [6.07, 6.45) is 3.64. The average molecular weight is 326 g/mol. The fourth-order valence-corrected chi connectivity index (χ4v) is 2.89. The Hall–Kier alpha value is -1.40. The summed E-state index contributed by atoms with van der Waals surface area (Å²) in [5.41, 5.74) is 1.84. The summed E-state index contributed by atoms with van der Waals surface area (Å²) in [5, 5.41) is 0. The summed E-state index contributed by atoms with van der Waals surface area (Å²) >= 11 is 0. The first-order valence-corrected chi connectivity index (χ1v) is 9.29. The number of rotatable bonds is 8. The molecule has 122 valence electrons. The van der Waals surface area contributed by atoms with Crippen LogP contribution in [0.1, 0.15) is 43.2 Å². The lowest BCUT2D eigenvalue weighted by molar-refractivity contribution is -0.143. The van der Waals surface area contributed by atoms with E-state index in [2.05, 4.69) is 0 Å². The van der Waals surface area contributed by atoms with Gasteiger partial charge in [0.25, 0.3) is 10.1 Å². The Balaban J connectivity index is 2.09. The highest BCUT2D eigenvalue weighted by Gasteiger charge is 2.34. The van der Waals surface area contributed by atoms with Gasteiger partial charge < -0.3 is 4.74 Å². The number of esters is 1. The van der Waals surface area contributed by atoms with E-state index in [1.807, 2.05) is 24.3 Å². The van der Waals surface area contributed by atoms with Crippen LogP contribution in [0.5, 0.6) is 0 Å². The molecule has 1 aliphatic carbocycles. The minimum Gasteiger partial charge on any atom is -0.466 e. The van der Waals surface area contributed by atoms with E-state index >= 15 is 0 Å². The van der Waals surface area contributed by atoms with Gasteiger partial charge in [0.2, 0.25) is 0 Å². The third-order valence-corrected chi connectivity index (χ3v) is 4.25. The van der Waals surface area contributed by atoms with Gasteiger partial charge in [-0.3, -0.25) is 8.98 Å². The zero-order chi connectivity index (χ0) is 16.2. The second kappa shape index (κ2) is 7.24. The molecule has 0 amide bonds. The van der Waals surface area contributed by atoms with E-state index in [0.717, 1.165) is 30.2 Å². The maximum atomic E-state index is 11.8. The van der Waals surface area contributed by atoms with Crippen LogP contribution in [0, 0.1) is 5.92 Å². The maximum absolute atomic E-state index is 11.8. The SMILES string of the molecule is CCOC(=O)CC(c1cccc(COS(C)(=O)=O)c1)C1CC1. The van der Waals surface area contributed by atoms with Gasteiger partial charge in [-0.25, -0.2) is 0 Å². The number of carbonyl (C=O) groups is 1. The summed E-state index contributed by atoms with van der Waals surface area (Å²) in [4.78, 5) is 11.8. The van der Waals surface area contributed by atoms with Gasteiger partial charge in [0.15, 0.2) is 0 Å². The molecule has 1 aliphatic rings. The Morgan fingerprint density at radius 3 is 2.68 bits per heavy atom. The lowest BCUT2D eigenvalue weighted by Crippen LogP contribution is -2.12. The Bertz CT molecular complexity index is 619. The number of ether oxygens (including phenoxy) is 1. The van der Waals surface area contributed by atoms with Crippen molar-refractivity contribution in [3.8, 4) is 0 Å².